The Kier molecular flexibility index (Phi) is 4.10. The van der Waals surface area contributed by atoms with Gasteiger partial charge in [0, 0.05) is 22.0 Å². The summed E-state index contributed by atoms with van der Waals surface area (Å²) in [6.07, 6.45) is -0.277. The average molecular weight is 325 g/mol. The van der Waals surface area contributed by atoms with E-state index in [0.717, 1.165) is 22.2 Å². The van der Waals surface area contributed by atoms with Crippen molar-refractivity contribution in [3.8, 4) is 0 Å². The molecule has 2 aromatic carbocycles. The number of rotatable bonds is 3. The van der Waals surface area contributed by atoms with Crippen LogP contribution in [0.1, 0.15) is 21.5 Å². The first-order chi connectivity index (χ1) is 8.99. The molecule has 98 valence electrons. The molecule has 0 N–H and O–H groups in total. The van der Waals surface area contributed by atoms with E-state index in [-0.39, 0.29) is 17.8 Å². The minimum atomic E-state index is -0.692. The number of carbonyl (C=O) groups excluding carboxylic acids is 1. The zero-order valence-corrected chi connectivity index (χ0v) is 11.8. The Morgan fingerprint density at radius 2 is 1.79 bits per heavy atom. The third-order valence-electron chi connectivity index (χ3n) is 2.89. The van der Waals surface area contributed by atoms with Gasteiger partial charge < -0.3 is 0 Å². The van der Waals surface area contributed by atoms with Crippen LogP contribution in [0.25, 0.3) is 0 Å². The summed E-state index contributed by atoms with van der Waals surface area (Å²) < 4.78 is 27.8. The van der Waals surface area contributed by atoms with Crippen LogP contribution in [0.4, 0.5) is 8.78 Å². The summed E-state index contributed by atoms with van der Waals surface area (Å²) in [5.41, 5.74) is 1.07. The van der Waals surface area contributed by atoms with Crippen molar-refractivity contribution in [2.24, 2.45) is 0 Å². The molecule has 0 aromatic heterocycles. The molecule has 0 aliphatic carbocycles. The highest BCUT2D eigenvalue weighted by Crippen LogP contribution is 2.19. The first kappa shape index (κ1) is 13.9. The lowest BCUT2D eigenvalue weighted by Crippen LogP contribution is -2.08. The van der Waals surface area contributed by atoms with Crippen LogP contribution in [0.5, 0.6) is 0 Å². The molecule has 0 amide bonds. The topological polar surface area (TPSA) is 17.1 Å². The normalized spacial score (nSPS) is 10.5. The fourth-order valence-electron chi connectivity index (χ4n) is 1.90. The molecule has 0 bridgehead atoms. The summed E-state index contributed by atoms with van der Waals surface area (Å²) in [5.74, 6) is -1.68. The van der Waals surface area contributed by atoms with Crippen molar-refractivity contribution in [3.63, 3.8) is 0 Å². The van der Waals surface area contributed by atoms with Crippen LogP contribution in [0.3, 0.4) is 0 Å². The number of aryl methyl sites for hydroxylation is 1. The highest BCUT2D eigenvalue weighted by Gasteiger charge is 2.15. The van der Waals surface area contributed by atoms with Crippen molar-refractivity contribution < 1.29 is 13.6 Å². The van der Waals surface area contributed by atoms with Gasteiger partial charge in [-0.25, -0.2) is 8.78 Å². The number of Topliss-reactive ketones (excluding diaryl/α,β-unsaturated/α-hetero) is 1. The maximum absolute atomic E-state index is 13.5. The van der Waals surface area contributed by atoms with Crippen LogP contribution in [-0.2, 0) is 6.42 Å². The van der Waals surface area contributed by atoms with Crippen molar-refractivity contribution in [1.82, 2.24) is 0 Å². The van der Waals surface area contributed by atoms with E-state index in [9.17, 15) is 13.6 Å². The monoisotopic (exact) mass is 324 g/mol. The Hall–Kier alpha value is -1.55. The lowest BCUT2D eigenvalue weighted by molar-refractivity contribution is 0.0990. The van der Waals surface area contributed by atoms with E-state index in [2.05, 4.69) is 15.9 Å². The fraction of sp³-hybridized carbons (Fsp3) is 0.133. The highest BCUT2D eigenvalue weighted by atomic mass is 79.9. The molecule has 0 unspecified atom stereocenters. The van der Waals surface area contributed by atoms with E-state index in [4.69, 9.17) is 0 Å². The van der Waals surface area contributed by atoms with Gasteiger partial charge in [0.25, 0.3) is 0 Å². The molecule has 2 rings (SSSR count). The van der Waals surface area contributed by atoms with E-state index >= 15 is 0 Å². The van der Waals surface area contributed by atoms with Gasteiger partial charge in [0.1, 0.15) is 11.6 Å². The molecule has 0 saturated carbocycles. The van der Waals surface area contributed by atoms with Gasteiger partial charge in [-0.05, 0) is 36.8 Å². The number of benzene rings is 2. The number of halogens is 3. The van der Waals surface area contributed by atoms with Gasteiger partial charge in [0.15, 0.2) is 5.78 Å². The Morgan fingerprint density at radius 3 is 2.37 bits per heavy atom. The van der Waals surface area contributed by atoms with Crippen LogP contribution < -0.4 is 0 Å². The van der Waals surface area contributed by atoms with Crippen LogP contribution in [0, 0.1) is 18.6 Å². The van der Waals surface area contributed by atoms with E-state index in [1.165, 1.54) is 6.07 Å². The van der Waals surface area contributed by atoms with E-state index in [1.54, 1.807) is 25.1 Å². The predicted octanol–water partition coefficient (Wildman–Crippen LogP) is 4.46. The molecule has 0 spiro atoms. The van der Waals surface area contributed by atoms with Gasteiger partial charge in [-0.15, -0.1) is 0 Å². The fourth-order valence-corrected chi connectivity index (χ4v) is 2.37. The van der Waals surface area contributed by atoms with E-state index in [0.29, 0.717) is 5.56 Å². The average Bonchev–Trinajstić information content (AvgIpc) is 2.33. The van der Waals surface area contributed by atoms with Gasteiger partial charge in [0.05, 0.1) is 0 Å². The van der Waals surface area contributed by atoms with Gasteiger partial charge in [-0.3, -0.25) is 4.79 Å². The molecule has 0 radical (unpaired) electrons. The van der Waals surface area contributed by atoms with Crippen molar-refractivity contribution in [2.75, 3.05) is 0 Å². The van der Waals surface area contributed by atoms with Crippen LogP contribution in [-0.4, -0.2) is 5.78 Å². The maximum atomic E-state index is 13.5. The summed E-state index contributed by atoms with van der Waals surface area (Å²) >= 11 is 3.30. The molecule has 0 aliphatic rings. The molecule has 2 aromatic rings. The summed E-state index contributed by atoms with van der Waals surface area (Å²) in [5, 5.41) is 0. The quantitative estimate of drug-likeness (QED) is 0.762. The molecule has 4 heteroatoms. The Morgan fingerprint density at radius 1 is 1.16 bits per heavy atom. The van der Waals surface area contributed by atoms with Crippen molar-refractivity contribution in [3.05, 3.63) is 69.2 Å². The number of ketones is 1. The number of hydrogen-bond donors (Lipinski definition) is 0. The van der Waals surface area contributed by atoms with Crippen molar-refractivity contribution in [1.29, 1.82) is 0 Å². The van der Waals surface area contributed by atoms with Crippen molar-refractivity contribution >= 4 is 21.7 Å². The van der Waals surface area contributed by atoms with E-state index in [1.807, 2.05) is 0 Å². The SMILES string of the molecule is Cc1cc(Br)ccc1C(=O)Cc1c(F)cccc1F. The van der Waals surface area contributed by atoms with Crippen LogP contribution in [0.2, 0.25) is 0 Å². The second-order valence-corrected chi connectivity index (χ2v) is 5.18. The molecule has 19 heavy (non-hydrogen) atoms. The Labute approximate surface area is 118 Å². The number of hydrogen-bond acceptors (Lipinski definition) is 1. The summed E-state index contributed by atoms with van der Waals surface area (Å²) in [6, 6.07) is 8.77. The lowest BCUT2D eigenvalue weighted by Gasteiger charge is -2.07. The first-order valence-corrected chi connectivity index (χ1v) is 6.50. The molecule has 1 nitrogen and oxygen atoms in total. The molecule has 0 saturated heterocycles. The smallest absolute Gasteiger partial charge is 0.167 e. The predicted molar refractivity (Wildman–Crippen MR) is 73.3 cm³/mol. The zero-order valence-electron chi connectivity index (χ0n) is 10.2. The largest absolute Gasteiger partial charge is 0.294 e. The standard InChI is InChI=1S/C15H11BrF2O/c1-9-7-10(16)5-6-11(9)15(19)8-12-13(17)3-2-4-14(12)18/h2-7H,8H2,1H3. The maximum Gasteiger partial charge on any atom is 0.167 e. The molecule has 0 aliphatic heterocycles. The second-order valence-electron chi connectivity index (χ2n) is 4.26. The number of carbonyl (C=O) groups is 1. The molecule has 0 atom stereocenters. The van der Waals surface area contributed by atoms with Crippen LogP contribution >= 0.6 is 15.9 Å². The molecular formula is C15H11BrF2O. The molecule has 0 fully saturated rings. The third kappa shape index (κ3) is 3.07. The van der Waals surface area contributed by atoms with Crippen molar-refractivity contribution in [2.45, 2.75) is 13.3 Å². The second kappa shape index (κ2) is 5.61. The summed E-state index contributed by atoms with van der Waals surface area (Å²) in [6.45, 7) is 1.79. The van der Waals surface area contributed by atoms with Gasteiger partial charge in [-0.2, -0.15) is 0 Å². The molecule has 0 heterocycles. The summed E-state index contributed by atoms with van der Waals surface area (Å²) in [4.78, 5) is 12.1. The third-order valence-corrected chi connectivity index (χ3v) is 3.38. The van der Waals surface area contributed by atoms with Gasteiger partial charge in [0.2, 0.25) is 0 Å². The summed E-state index contributed by atoms with van der Waals surface area (Å²) in [7, 11) is 0. The molecular weight excluding hydrogens is 314 g/mol. The van der Waals surface area contributed by atoms with Gasteiger partial charge >= 0.3 is 0 Å². The van der Waals surface area contributed by atoms with Crippen LogP contribution in [0.15, 0.2) is 40.9 Å². The highest BCUT2D eigenvalue weighted by molar-refractivity contribution is 9.10. The Balaban J connectivity index is 2.31. The minimum absolute atomic E-state index is 0.185. The van der Waals surface area contributed by atoms with E-state index < -0.39 is 11.6 Å². The zero-order chi connectivity index (χ0) is 14.0. The first-order valence-electron chi connectivity index (χ1n) is 5.71. The minimum Gasteiger partial charge on any atom is -0.294 e. The lowest BCUT2D eigenvalue weighted by atomic mass is 9.99. The van der Waals surface area contributed by atoms with Gasteiger partial charge in [-0.1, -0.05) is 28.1 Å². The Bertz CT molecular complexity index is 618.